The zero-order chi connectivity index (χ0) is 10.5. The van der Waals surface area contributed by atoms with Crippen LogP contribution in [0, 0.1) is 12.3 Å². The van der Waals surface area contributed by atoms with Gasteiger partial charge in [0.25, 0.3) is 0 Å². The minimum Gasteiger partial charge on any atom is -0.339 e. The van der Waals surface area contributed by atoms with E-state index in [1.165, 1.54) is 0 Å². The van der Waals surface area contributed by atoms with Crippen LogP contribution in [-0.4, -0.2) is 22.2 Å². The summed E-state index contributed by atoms with van der Waals surface area (Å²) in [6.07, 6.45) is 5.99. The van der Waals surface area contributed by atoms with Crippen molar-refractivity contribution in [1.29, 1.82) is 0 Å². The Hall–Kier alpha value is -0.200. The third-order valence-electron chi connectivity index (χ3n) is 1.84. The lowest BCUT2D eigenvalue weighted by molar-refractivity contribution is -0.121. The van der Waals surface area contributed by atoms with Crippen molar-refractivity contribution in [1.82, 2.24) is 5.32 Å². The predicted octanol–water partition coefficient (Wildman–Crippen LogP) is 1.91. The average molecular weight is 267 g/mol. The summed E-state index contributed by atoms with van der Waals surface area (Å²) in [7, 11) is 0. The lowest BCUT2D eigenvalue weighted by atomic mass is 10.0. The second kappa shape index (κ2) is 5.51. The highest BCUT2D eigenvalue weighted by Crippen LogP contribution is 2.10. The van der Waals surface area contributed by atoms with E-state index in [1.807, 2.05) is 6.92 Å². The highest BCUT2D eigenvalue weighted by Gasteiger charge is 2.24. The van der Waals surface area contributed by atoms with Crippen molar-refractivity contribution in [2.45, 2.75) is 30.6 Å². The van der Waals surface area contributed by atoms with E-state index in [-0.39, 0.29) is 16.6 Å². The molecule has 0 bridgehead atoms. The number of carbonyl (C=O) groups is 1. The van der Waals surface area contributed by atoms with Gasteiger partial charge in [-0.1, -0.05) is 28.8 Å². The highest BCUT2D eigenvalue weighted by atomic mass is 79.9. The minimum absolute atomic E-state index is 0.169. The molecule has 0 aromatic heterocycles. The standard InChI is InChI=1S/C9H13BrClNO/c1-4-9(3,5-2)12-8(13)7(10)6-11/h1,7H,5-6H2,2-3H3,(H,12,13). The van der Waals surface area contributed by atoms with Gasteiger partial charge in [-0.25, -0.2) is 0 Å². The second-order valence-corrected chi connectivity index (χ2v) is 4.36. The number of carbonyl (C=O) groups excluding carboxylic acids is 1. The topological polar surface area (TPSA) is 29.1 Å². The quantitative estimate of drug-likeness (QED) is 0.611. The van der Waals surface area contributed by atoms with Gasteiger partial charge in [0, 0.05) is 5.88 Å². The smallest absolute Gasteiger partial charge is 0.236 e. The molecule has 0 heterocycles. The third-order valence-corrected chi connectivity index (χ3v) is 3.27. The van der Waals surface area contributed by atoms with E-state index in [2.05, 4.69) is 27.2 Å². The van der Waals surface area contributed by atoms with E-state index in [1.54, 1.807) is 6.92 Å². The summed E-state index contributed by atoms with van der Waals surface area (Å²) < 4.78 is 0. The number of amides is 1. The average Bonchev–Trinajstić information content (AvgIpc) is 2.16. The lowest BCUT2D eigenvalue weighted by Crippen LogP contribution is -2.47. The molecule has 0 radical (unpaired) electrons. The van der Waals surface area contributed by atoms with Crippen LogP contribution in [0.4, 0.5) is 0 Å². The van der Waals surface area contributed by atoms with Crippen LogP contribution in [0.2, 0.25) is 0 Å². The van der Waals surface area contributed by atoms with Crippen LogP contribution >= 0.6 is 27.5 Å². The van der Waals surface area contributed by atoms with E-state index >= 15 is 0 Å². The largest absolute Gasteiger partial charge is 0.339 e. The molecule has 0 aliphatic carbocycles. The van der Waals surface area contributed by atoms with Crippen LogP contribution in [0.5, 0.6) is 0 Å². The molecule has 0 aromatic rings. The Morgan fingerprint density at radius 1 is 1.85 bits per heavy atom. The molecule has 0 aromatic carbocycles. The van der Waals surface area contributed by atoms with Crippen molar-refractivity contribution in [3.05, 3.63) is 0 Å². The SMILES string of the molecule is C#CC(C)(CC)NC(=O)C(Br)CCl. The van der Waals surface area contributed by atoms with Crippen molar-refractivity contribution in [2.24, 2.45) is 0 Å². The molecular formula is C9H13BrClNO. The monoisotopic (exact) mass is 265 g/mol. The third kappa shape index (κ3) is 4.02. The number of halogens is 2. The van der Waals surface area contributed by atoms with Gasteiger partial charge in [-0.3, -0.25) is 4.79 Å². The van der Waals surface area contributed by atoms with Gasteiger partial charge < -0.3 is 5.32 Å². The van der Waals surface area contributed by atoms with Crippen LogP contribution in [0.15, 0.2) is 0 Å². The van der Waals surface area contributed by atoms with Gasteiger partial charge in [-0.05, 0) is 13.3 Å². The molecule has 0 aliphatic rings. The van der Waals surface area contributed by atoms with Gasteiger partial charge in [-0.2, -0.15) is 0 Å². The number of alkyl halides is 2. The molecule has 74 valence electrons. The van der Waals surface area contributed by atoms with Crippen LogP contribution in [0.3, 0.4) is 0 Å². The molecule has 0 spiro atoms. The fraction of sp³-hybridized carbons (Fsp3) is 0.667. The zero-order valence-corrected chi connectivity index (χ0v) is 10.1. The number of terminal acetylenes is 1. The fourth-order valence-electron chi connectivity index (χ4n) is 0.647. The Labute approximate surface area is 92.5 Å². The highest BCUT2D eigenvalue weighted by molar-refractivity contribution is 9.10. The van der Waals surface area contributed by atoms with Crippen molar-refractivity contribution >= 4 is 33.4 Å². The maximum Gasteiger partial charge on any atom is 0.236 e. The number of hydrogen-bond donors (Lipinski definition) is 1. The number of hydrogen-bond acceptors (Lipinski definition) is 1. The van der Waals surface area contributed by atoms with Gasteiger partial charge in [0.1, 0.15) is 4.83 Å². The fourth-order valence-corrected chi connectivity index (χ4v) is 0.901. The molecular weight excluding hydrogens is 253 g/mol. The first-order valence-corrected chi connectivity index (χ1v) is 5.44. The van der Waals surface area contributed by atoms with Crippen molar-refractivity contribution in [3.8, 4) is 12.3 Å². The summed E-state index contributed by atoms with van der Waals surface area (Å²) in [6.45, 7) is 3.73. The van der Waals surface area contributed by atoms with Gasteiger partial charge in [0.05, 0.1) is 5.54 Å². The van der Waals surface area contributed by atoms with E-state index in [4.69, 9.17) is 18.0 Å². The molecule has 1 N–H and O–H groups in total. The Balaban J connectivity index is 4.28. The van der Waals surface area contributed by atoms with Crippen molar-refractivity contribution in [2.75, 3.05) is 5.88 Å². The second-order valence-electron chi connectivity index (χ2n) is 2.94. The van der Waals surface area contributed by atoms with Crippen molar-refractivity contribution in [3.63, 3.8) is 0 Å². The summed E-state index contributed by atoms with van der Waals surface area (Å²) >= 11 is 8.64. The normalized spacial score (nSPS) is 16.8. The first kappa shape index (κ1) is 12.8. The van der Waals surface area contributed by atoms with Crippen LogP contribution in [0.1, 0.15) is 20.3 Å². The predicted molar refractivity (Wildman–Crippen MR) is 59.1 cm³/mol. The van der Waals surface area contributed by atoms with Crippen LogP contribution in [0.25, 0.3) is 0 Å². The summed E-state index contributed by atoms with van der Waals surface area (Å²) in [5, 5.41) is 2.74. The summed E-state index contributed by atoms with van der Waals surface area (Å²) in [5.41, 5.74) is -0.574. The first-order chi connectivity index (χ1) is 5.99. The Kier molecular flexibility index (Phi) is 5.43. The van der Waals surface area contributed by atoms with Crippen LogP contribution < -0.4 is 5.32 Å². The number of nitrogens with one attached hydrogen (secondary N) is 1. The molecule has 0 saturated carbocycles. The van der Waals surface area contributed by atoms with E-state index in [0.29, 0.717) is 6.42 Å². The van der Waals surface area contributed by atoms with E-state index in [0.717, 1.165) is 0 Å². The van der Waals surface area contributed by atoms with Gasteiger partial charge in [0.2, 0.25) is 5.91 Å². The maximum absolute atomic E-state index is 11.4. The molecule has 2 nitrogen and oxygen atoms in total. The maximum atomic E-state index is 11.4. The molecule has 0 saturated heterocycles. The molecule has 0 aliphatic heterocycles. The molecule has 0 rings (SSSR count). The van der Waals surface area contributed by atoms with E-state index < -0.39 is 5.54 Å². The molecule has 0 fully saturated rings. The van der Waals surface area contributed by atoms with Crippen molar-refractivity contribution < 1.29 is 4.79 Å². The lowest BCUT2D eigenvalue weighted by Gasteiger charge is -2.24. The summed E-state index contributed by atoms with van der Waals surface area (Å²) in [4.78, 5) is 11.0. The molecule has 2 unspecified atom stereocenters. The Morgan fingerprint density at radius 2 is 2.38 bits per heavy atom. The zero-order valence-electron chi connectivity index (χ0n) is 7.73. The molecule has 1 amide bonds. The first-order valence-electron chi connectivity index (χ1n) is 3.99. The molecule has 2 atom stereocenters. The van der Waals surface area contributed by atoms with Gasteiger partial charge >= 0.3 is 0 Å². The minimum atomic E-state index is -0.574. The summed E-state index contributed by atoms with van der Waals surface area (Å²) in [6, 6.07) is 0. The molecule has 13 heavy (non-hydrogen) atoms. The van der Waals surface area contributed by atoms with Gasteiger partial charge in [0.15, 0.2) is 0 Å². The summed E-state index contributed by atoms with van der Waals surface area (Å²) in [5.74, 6) is 2.61. The molecule has 4 heteroatoms. The van der Waals surface area contributed by atoms with Crippen LogP contribution in [-0.2, 0) is 4.79 Å². The van der Waals surface area contributed by atoms with Gasteiger partial charge in [-0.15, -0.1) is 18.0 Å². The Bertz CT molecular complexity index is 226. The Morgan fingerprint density at radius 3 is 2.69 bits per heavy atom. The van der Waals surface area contributed by atoms with E-state index in [9.17, 15) is 4.79 Å². The number of rotatable bonds is 4.